The van der Waals surface area contributed by atoms with Crippen molar-refractivity contribution in [2.75, 3.05) is 19.8 Å². The number of ether oxygens (including phenoxy) is 2. The van der Waals surface area contributed by atoms with Gasteiger partial charge in [0.1, 0.15) is 6.10 Å². The van der Waals surface area contributed by atoms with Crippen LogP contribution in [0.15, 0.2) is 24.3 Å². The molecule has 1 saturated heterocycles. The van der Waals surface area contributed by atoms with Crippen LogP contribution in [0.25, 0.3) is 0 Å². The molecule has 4 heteroatoms. The maximum absolute atomic E-state index is 5.81. The highest BCUT2D eigenvalue weighted by molar-refractivity contribution is 6.30. The van der Waals surface area contributed by atoms with Gasteiger partial charge in [0.25, 0.3) is 0 Å². The monoisotopic (exact) mass is 227 g/mol. The van der Waals surface area contributed by atoms with Crippen LogP contribution in [0.2, 0.25) is 5.02 Å². The smallest absolute Gasteiger partial charge is 0.105 e. The van der Waals surface area contributed by atoms with Gasteiger partial charge in [0.05, 0.1) is 19.3 Å². The van der Waals surface area contributed by atoms with Crippen molar-refractivity contribution in [3.8, 4) is 0 Å². The first-order valence-corrected chi connectivity index (χ1v) is 5.36. The van der Waals surface area contributed by atoms with Crippen LogP contribution in [0, 0.1) is 0 Å². The van der Waals surface area contributed by atoms with E-state index in [0.29, 0.717) is 19.8 Å². The summed E-state index contributed by atoms with van der Waals surface area (Å²) in [7, 11) is 0. The third kappa shape index (κ3) is 2.69. The van der Waals surface area contributed by atoms with Gasteiger partial charge in [-0.2, -0.15) is 0 Å². The molecule has 0 amide bonds. The van der Waals surface area contributed by atoms with Crippen molar-refractivity contribution in [3.63, 3.8) is 0 Å². The van der Waals surface area contributed by atoms with Crippen LogP contribution < -0.4 is 5.73 Å². The van der Waals surface area contributed by atoms with E-state index in [-0.39, 0.29) is 12.2 Å². The lowest BCUT2D eigenvalue weighted by molar-refractivity contribution is -0.153. The molecule has 2 rings (SSSR count). The van der Waals surface area contributed by atoms with Crippen LogP contribution in [0.4, 0.5) is 0 Å². The quantitative estimate of drug-likeness (QED) is 0.853. The van der Waals surface area contributed by atoms with Crippen molar-refractivity contribution in [2.45, 2.75) is 12.2 Å². The molecule has 1 aliphatic heterocycles. The lowest BCUT2D eigenvalue weighted by Gasteiger charge is -2.30. The van der Waals surface area contributed by atoms with E-state index in [0.717, 1.165) is 10.6 Å². The second-order valence-electron chi connectivity index (χ2n) is 3.57. The Labute approximate surface area is 94.1 Å². The van der Waals surface area contributed by atoms with Gasteiger partial charge in [-0.15, -0.1) is 0 Å². The number of hydrogen-bond donors (Lipinski definition) is 1. The number of hydrogen-bond acceptors (Lipinski definition) is 3. The van der Waals surface area contributed by atoms with Gasteiger partial charge in [-0.25, -0.2) is 0 Å². The van der Waals surface area contributed by atoms with Gasteiger partial charge >= 0.3 is 0 Å². The zero-order valence-electron chi connectivity index (χ0n) is 8.36. The molecule has 1 unspecified atom stereocenters. The van der Waals surface area contributed by atoms with E-state index in [2.05, 4.69) is 0 Å². The van der Waals surface area contributed by atoms with E-state index in [9.17, 15) is 0 Å². The molecule has 1 aromatic rings. The molecule has 1 aliphatic rings. The van der Waals surface area contributed by atoms with E-state index in [1.165, 1.54) is 0 Å². The molecule has 15 heavy (non-hydrogen) atoms. The Balaban J connectivity index is 2.01. The Hall–Kier alpha value is -0.610. The zero-order chi connectivity index (χ0) is 10.7. The molecule has 1 atom stereocenters. The summed E-state index contributed by atoms with van der Waals surface area (Å²) < 4.78 is 10.8. The van der Waals surface area contributed by atoms with Crippen LogP contribution in [0.3, 0.4) is 0 Å². The van der Waals surface area contributed by atoms with E-state index < -0.39 is 0 Å². The highest BCUT2D eigenvalue weighted by Gasteiger charge is 2.23. The van der Waals surface area contributed by atoms with Gasteiger partial charge in [0.2, 0.25) is 0 Å². The zero-order valence-corrected chi connectivity index (χ0v) is 9.11. The Bertz CT molecular complexity index is 311. The van der Waals surface area contributed by atoms with E-state index in [1.54, 1.807) is 0 Å². The fourth-order valence-electron chi connectivity index (χ4n) is 1.47. The van der Waals surface area contributed by atoms with Crippen molar-refractivity contribution >= 4 is 11.6 Å². The van der Waals surface area contributed by atoms with Crippen molar-refractivity contribution in [3.05, 3.63) is 34.9 Å². The summed E-state index contributed by atoms with van der Waals surface area (Å²) in [4.78, 5) is 0. The SMILES string of the molecule is NCC(OC1COC1)c1ccc(Cl)cc1. The molecular formula is C11H14ClNO2. The molecule has 0 aromatic heterocycles. The Morgan fingerprint density at radius 1 is 1.40 bits per heavy atom. The Morgan fingerprint density at radius 2 is 2.07 bits per heavy atom. The second kappa shape index (κ2) is 4.94. The van der Waals surface area contributed by atoms with Crippen LogP contribution in [-0.2, 0) is 9.47 Å². The molecule has 82 valence electrons. The fourth-order valence-corrected chi connectivity index (χ4v) is 1.60. The number of rotatable bonds is 4. The molecule has 1 heterocycles. The standard InChI is InChI=1S/C11H14ClNO2/c12-9-3-1-8(2-4-9)11(5-13)15-10-6-14-7-10/h1-4,10-11H,5-7,13H2. The van der Waals surface area contributed by atoms with Crippen molar-refractivity contribution in [1.29, 1.82) is 0 Å². The molecule has 1 aromatic carbocycles. The van der Waals surface area contributed by atoms with Crippen LogP contribution in [0.1, 0.15) is 11.7 Å². The normalized spacial score (nSPS) is 18.5. The van der Waals surface area contributed by atoms with Gasteiger partial charge in [-0.1, -0.05) is 23.7 Å². The summed E-state index contributed by atoms with van der Waals surface area (Å²) in [6, 6.07) is 7.58. The van der Waals surface area contributed by atoms with E-state index >= 15 is 0 Å². The number of halogens is 1. The summed E-state index contributed by atoms with van der Waals surface area (Å²) in [5.74, 6) is 0. The van der Waals surface area contributed by atoms with Crippen LogP contribution in [0.5, 0.6) is 0 Å². The Kier molecular flexibility index (Phi) is 3.59. The largest absolute Gasteiger partial charge is 0.376 e. The first-order chi connectivity index (χ1) is 7.29. The summed E-state index contributed by atoms with van der Waals surface area (Å²) >= 11 is 5.81. The van der Waals surface area contributed by atoms with E-state index in [1.807, 2.05) is 24.3 Å². The third-order valence-electron chi connectivity index (χ3n) is 2.42. The lowest BCUT2D eigenvalue weighted by atomic mass is 10.1. The van der Waals surface area contributed by atoms with Gasteiger partial charge in [0, 0.05) is 11.6 Å². The minimum absolute atomic E-state index is 0.0591. The first kappa shape index (κ1) is 10.9. The fraction of sp³-hybridized carbons (Fsp3) is 0.455. The Morgan fingerprint density at radius 3 is 2.53 bits per heavy atom. The minimum atomic E-state index is -0.0591. The maximum atomic E-state index is 5.81. The van der Waals surface area contributed by atoms with Gasteiger partial charge in [-0.05, 0) is 17.7 Å². The van der Waals surface area contributed by atoms with E-state index in [4.69, 9.17) is 26.8 Å². The maximum Gasteiger partial charge on any atom is 0.105 e. The highest BCUT2D eigenvalue weighted by atomic mass is 35.5. The molecular weight excluding hydrogens is 214 g/mol. The average molecular weight is 228 g/mol. The summed E-state index contributed by atoms with van der Waals surface area (Å²) in [6.07, 6.45) is 0.130. The van der Waals surface area contributed by atoms with Crippen molar-refractivity contribution in [1.82, 2.24) is 0 Å². The molecule has 1 fully saturated rings. The van der Waals surface area contributed by atoms with Crippen molar-refractivity contribution < 1.29 is 9.47 Å². The molecule has 0 saturated carbocycles. The second-order valence-corrected chi connectivity index (χ2v) is 4.01. The predicted octanol–water partition coefficient (Wildman–Crippen LogP) is 1.76. The summed E-state index contributed by atoms with van der Waals surface area (Å²) in [5.41, 5.74) is 6.73. The van der Waals surface area contributed by atoms with Crippen LogP contribution in [-0.4, -0.2) is 25.9 Å². The number of nitrogens with two attached hydrogens (primary N) is 1. The molecule has 0 spiro atoms. The summed E-state index contributed by atoms with van der Waals surface area (Å²) in [5, 5.41) is 0.724. The highest BCUT2D eigenvalue weighted by Crippen LogP contribution is 2.22. The summed E-state index contributed by atoms with van der Waals surface area (Å²) in [6.45, 7) is 1.81. The number of benzene rings is 1. The van der Waals surface area contributed by atoms with Crippen LogP contribution >= 0.6 is 11.6 Å². The first-order valence-electron chi connectivity index (χ1n) is 4.98. The van der Waals surface area contributed by atoms with Crippen molar-refractivity contribution in [2.24, 2.45) is 5.73 Å². The molecule has 0 bridgehead atoms. The molecule has 2 N–H and O–H groups in total. The minimum Gasteiger partial charge on any atom is -0.376 e. The van der Waals surface area contributed by atoms with Gasteiger partial charge in [0.15, 0.2) is 0 Å². The molecule has 3 nitrogen and oxygen atoms in total. The van der Waals surface area contributed by atoms with Gasteiger partial charge < -0.3 is 15.2 Å². The molecule has 0 radical (unpaired) electrons. The topological polar surface area (TPSA) is 44.5 Å². The predicted molar refractivity (Wildman–Crippen MR) is 58.9 cm³/mol. The van der Waals surface area contributed by atoms with Gasteiger partial charge in [-0.3, -0.25) is 0 Å². The lowest BCUT2D eigenvalue weighted by Crippen LogP contribution is -2.38. The molecule has 0 aliphatic carbocycles. The average Bonchev–Trinajstić information content (AvgIpc) is 2.19. The third-order valence-corrected chi connectivity index (χ3v) is 2.67.